The Labute approximate surface area is 126 Å². The second kappa shape index (κ2) is 6.08. The molecule has 1 atom stereocenters. The Balaban J connectivity index is 2.11. The standard InChI is InChI=1S/C16H26N2O3/c1-12(19)17-9-5-7-13(11-17)14-8-6-10-18(14)15(20)21-16(2,3)4/h11,14H,5-10H2,1-4H3/t14-/m1/s1. The van der Waals surface area contributed by atoms with E-state index in [2.05, 4.69) is 0 Å². The van der Waals surface area contributed by atoms with Gasteiger partial charge in [-0.3, -0.25) is 4.79 Å². The molecule has 0 aliphatic carbocycles. The predicted octanol–water partition coefficient (Wildman–Crippen LogP) is 2.91. The zero-order valence-corrected chi connectivity index (χ0v) is 13.5. The highest BCUT2D eigenvalue weighted by Crippen LogP contribution is 2.30. The third kappa shape index (κ3) is 3.99. The van der Waals surface area contributed by atoms with Gasteiger partial charge in [0.1, 0.15) is 5.60 Å². The number of carbonyl (C=O) groups excluding carboxylic acids is 2. The summed E-state index contributed by atoms with van der Waals surface area (Å²) in [5, 5.41) is 0. The number of hydrogen-bond acceptors (Lipinski definition) is 3. The summed E-state index contributed by atoms with van der Waals surface area (Å²) >= 11 is 0. The molecule has 0 unspecified atom stereocenters. The van der Waals surface area contributed by atoms with Crippen LogP contribution in [0.5, 0.6) is 0 Å². The van der Waals surface area contributed by atoms with Crippen molar-refractivity contribution in [3.63, 3.8) is 0 Å². The van der Waals surface area contributed by atoms with E-state index in [0.29, 0.717) is 0 Å². The van der Waals surface area contributed by atoms with Crippen LogP contribution in [0.2, 0.25) is 0 Å². The van der Waals surface area contributed by atoms with Gasteiger partial charge in [-0.2, -0.15) is 0 Å². The van der Waals surface area contributed by atoms with Crippen LogP contribution in [0, 0.1) is 0 Å². The van der Waals surface area contributed by atoms with Crippen LogP contribution in [0.15, 0.2) is 11.8 Å². The molecule has 5 nitrogen and oxygen atoms in total. The second-order valence-electron chi connectivity index (χ2n) is 6.85. The monoisotopic (exact) mass is 294 g/mol. The Bertz CT molecular complexity index is 451. The summed E-state index contributed by atoms with van der Waals surface area (Å²) in [7, 11) is 0. The molecule has 2 aliphatic rings. The van der Waals surface area contributed by atoms with Crippen molar-refractivity contribution in [2.45, 2.75) is 65.0 Å². The number of amides is 2. The molecule has 0 saturated carbocycles. The first-order valence-corrected chi connectivity index (χ1v) is 7.75. The SMILES string of the molecule is CC(=O)N1C=C([C@H]2CCCN2C(=O)OC(C)(C)C)CCC1. The lowest BCUT2D eigenvalue weighted by atomic mass is 9.98. The third-order valence-electron chi connectivity index (χ3n) is 3.90. The molecule has 1 fully saturated rings. The quantitative estimate of drug-likeness (QED) is 0.747. The summed E-state index contributed by atoms with van der Waals surface area (Å²) in [5.41, 5.74) is 0.705. The highest BCUT2D eigenvalue weighted by molar-refractivity contribution is 5.75. The van der Waals surface area contributed by atoms with E-state index < -0.39 is 5.60 Å². The van der Waals surface area contributed by atoms with Crippen molar-refractivity contribution in [1.82, 2.24) is 9.80 Å². The van der Waals surface area contributed by atoms with Gasteiger partial charge in [0.05, 0.1) is 6.04 Å². The predicted molar refractivity (Wildman–Crippen MR) is 80.7 cm³/mol. The van der Waals surface area contributed by atoms with Crippen molar-refractivity contribution >= 4 is 12.0 Å². The van der Waals surface area contributed by atoms with E-state index in [9.17, 15) is 9.59 Å². The number of rotatable bonds is 1. The minimum absolute atomic E-state index is 0.0639. The molecule has 2 rings (SSSR count). The molecule has 0 aromatic rings. The van der Waals surface area contributed by atoms with Crippen LogP contribution in [0.3, 0.4) is 0 Å². The number of likely N-dealkylation sites (tertiary alicyclic amines) is 1. The maximum absolute atomic E-state index is 12.3. The molecule has 5 heteroatoms. The molecule has 0 spiro atoms. The zero-order chi connectivity index (χ0) is 15.6. The Hall–Kier alpha value is -1.52. The van der Waals surface area contributed by atoms with Gasteiger partial charge >= 0.3 is 6.09 Å². The lowest BCUT2D eigenvalue weighted by molar-refractivity contribution is -0.126. The first-order chi connectivity index (χ1) is 9.78. The highest BCUT2D eigenvalue weighted by Gasteiger charge is 2.35. The summed E-state index contributed by atoms with van der Waals surface area (Å²) < 4.78 is 5.50. The largest absolute Gasteiger partial charge is 0.444 e. The summed E-state index contributed by atoms with van der Waals surface area (Å²) in [4.78, 5) is 27.4. The number of nitrogens with zero attached hydrogens (tertiary/aromatic N) is 2. The van der Waals surface area contributed by atoms with E-state index in [1.807, 2.05) is 31.9 Å². The first-order valence-electron chi connectivity index (χ1n) is 7.75. The zero-order valence-electron chi connectivity index (χ0n) is 13.5. The van der Waals surface area contributed by atoms with Crippen LogP contribution in [-0.2, 0) is 9.53 Å². The highest BCUT2D eigenvalue weighted by atomic mass is 16.6. The van der Waals surface area contributed by atoms with Crippen LogP contribution in [0.25, 0.3) is 0 Å². The Kier molecular flexibility index (Phi) is 4.59. The number of ether oxygens (including phenoxy) is 1. The summed E-state index contributed by atoms with van der Waals surface area (Å²) in [5.74, 6) is 0.0639. The van der Waals surface area contributed by atoms with Gasteiger partial charge in [-0.25, -0.2) is 4.79 Å². The molecule has 0 aromatic carbocycles. The van der Waals surface area contributed by atoms with Gasteiger partial charge in [0.15, 0.2) is 0 Å². The fraction of sp³-hybridized carbons (Fsp3) is 0.750. The normalized spacial score (nSPS) is 23.0. The Morgan fingerprint density at radius 3 is 2.57 bits per heavy atom. The maximum atomic E-state index is 12.3. The molecule has 1 saturated heterocycles. The van der Waals surface area contributed by atoms with Crippen LogP contribution in [0.4, 0.5) is 4.79 Å². The topological polar surface area (TPSA) is 49.9 Å². The van der Waals surface area contributed by atoms with E-state index in [0.717, 1.165) is 38.8 Å². The van der Waals surface area contributed by atoms with Crippen LogP contribution >= 0.6 is 0 Å². The first kappa shape index (κ1) is 15.9. The second-order valence-corrected chi connectivity index (χ2v) is 6.85. The van der Waals surface area contributed by atoms with Crippen molar-refractivity contribution < 1.29 is 14.3 Å². The Morgan fingerprint density at radius 1 is 1.24 bits per heavy atom. The average molecular weight is 294 g/mol. The van der Waals surface area contributed by atoms with Crippen LogP contribution in [0.1, 0.15) is 53.4 Å². The minimum atomic E-state index is -0.476. The third-order valence-corrected chi connectivity index (χ3v) is 3.90. The number of hydrogen-bond donors (Lipinski definition) is 0. The van der Waals surface area contributed by atoms with E-state index in [1.54, 1.807) is 11.8 Å². The molecule has 2 amide bonds. The molecule has 21 heavy (non-hydrogen) atoms. The Morgan fingerprint density at radius 2 is 1.95 bits per heavy atom. The van der Waals surface area contributed by atoms with Crippen LogP contribution < -0.4 is 0 Å². The smallest absolute Gasteiger partial charge is 0.410 e. The molecule has 118 valence electrons. The van der Waals surface area contributed by atoms with Gasteiger partial charge in [-0.15, -0.1) is 0 Å². The van der Waals surface area contributed by atoms with Crippen molar-refractivity contribution in [1.29, 1.82) is 0 Å². The van der Waals surface area contributed by atoms with Gasteiger partial charge in [0.25, 0.3) is 0 Å². The average Bonchev–Trinajstić information content (AvgIpc) is 2.86. The van der Waals surface area contributed by atoms with Crippen molar-refractivity contribution in [2.75, 3.05) is 13.1 Å². The van der Waals surface area contributed by atoms with E-state index in [4.69, 9.17) is 4.74 Å². The lowest BCUT2D eigenvalue weighted by Gasteiger charge is -2.33. The summed E-state index contributed by atoms with van der Waals surface area (Å²) in [6, 6.07) is 0.0852. The molecule has 0 N–H and O–H groups in total. The van der Waals surface area contributed by atoms with E-state index in [-0.39, 0.29) is 18.0 Å². The fourth-order valence-electron chi connectivity index (χ4n) is 2.98. The molecule has 0 radical (unpaired) electrons. The molecule has 2 heterocycles. The molecule has 0 bridgehead atoms. The maximum Gasteiger partial charge on any atom is 0.410 e. The van der Waals surface area contributed by atoms with Gasteiger partial charge < -0.3 is 14.5 Å². The van der Waals surface area contributed by atoms with E-state index in [1.165, 1.54) is 5.57 Å². The minimum Gasteiger partial charge on any atom is -0.444 e. The van der Waals surface area contributed by atoms with Gasteiger partial charge in [0, 0.05) is 26.2 Å². The molecular formula is C16H26N2O3. The molecule has 2 aliphatic heterocycles. The molecular weight excluding hydrogens is 268 g/mol. The van der Waals surface area contributed by atoms with E-state index >= 15 is 0 Å². The van der Waals surface area contributed by atoms with Crippen molar-refractivity contribution in [3.8, 4) is 0 Å². The number of carbonyl (C=O) groups is 2. The fourth-order valence-corrected chi connectivity index (χ4v) is 2.98. The molecule has 0 aromatic heterocycles. The summed E-state index contributed by atoms with van der Waals surface area (Å²) in [6.45, 7) is 8.74. The summed E-state index contributed by atoms with van der Waals surface area (Å²) in [6.07, 6.45) is 5.56. The van der Waals surface area contributed by atoms with Gasteiger partial charge in [-0.05, 0) is 52.0 Å². The van der Waals surface area contributed by atoms with Gasteiger partial charge in [0.2, 0.25) is 5.91 Å². The van der Waals surface area contributed by atoms with Crippen molar-refractivity contribution in [3.05, 3.63) is 11.8 Å². The van der Waals surface area contributed by atoms with Crippen molar-refractivity contribution in [2.24, 2.45) is 0 Å². The van der Waals surface area contributed by atoms with Gasteiger partial charge in [-0.1, -0.05) is 0 Å². The van der Waals surface area contributed by atoms with Crippen LogP contribution in [-0.4, -0.2) is 46.5 Å². The lowest BCUT2D eigenvalue weighted by Crippen LogP contribution is -2.42.